The summed E-state index contributed by atoms with van der Waals surface area (Å²) in [6.45, 7) is 5.32. The molecule has 0 radical (unpaired) electrons. The van der Waals surface area contributed by atoms with Crippen LogP contribution in [0, 0.1) is 0 Å². The van der Waals surface area contributed by atoms with E-state index in [0.29, 0.717) is 6.04 Å². The molecule has 0 aromatic carbocycles. The minimum absolute atomic E-state index is 0.0704. The van der Waals surface area contributed by atoms with Crippen LogP contribution >= 0.6 is 11.3 Å². The van der Waals surface area contributed by atoms with E-state index in [1.165, 1.54) is 11.3 Å². The van der Waals surface area contributed by atoms with Gasteiger partial charge in [0.05, 0.1) is 4.88 Å². The summed E-state index contributed by atoms with van der Waals surface area (Å²) in [5, 5.41) is 4.80. The number of nitrogens with one attached hydrogen (secondary N) is 1. The van der Waals surface area contributed by atoms with Crippen LogP contribution in [0.3, 0.4) is 0 Å². The molecule has 2 fully saturated rings. The zero-order chi connectivity index (χ0) is 17.4. The Hall–Kier alpha value is -1.73. The van der Waals surface area contributed by atoms with Crippen molar-refractivity contribution < 1.29 is 9.59 Å². The third-order valence-electron chi connectivity index (χ3n) is 5.72. The molecule has 1 aromatic rings. The molecule has 4 heterocycles. The van der Waals surface area contributed by atoms with Crippen LogP contribution < -0.4 is 5.32 Å². The summed E-state index contributed by atoms with van der Waals surface area (Å²) < 4.78 is 0. The topological polar surface area (TPSA) is 65.0 Å². The first-order valence-corrected chi connectivity index (χ1v) is 9.90. The lowest BCUT2D eigenvalue weighted by molar-refractivity contribution is -0.125. The Balaban J connectivity index is 1.31. The largest absolute Gasteiger partial charge is 0.338 e. The zero-order valence-electron chi connectivity index (χ0n) is 14.5. The fourth-order valence-corrected chi connectivity index (χ4v) is 4.96. The maximum Gasteiger partial charge on any atom is 0.263 e. The molecular weight excluding hydrogens is 336 g/mol. The van der Waals surface area contributed by atoms with E-state index in [-0.39, 0.29) is 11.8 Å². The zero-order valence-corrected chi connectivity index (χ0v) is 15.3. The summed E-state index contributed by atoms with van der Waals surface area (Å²) >= 11 is 1.51. The van der Waals surface area contributed by atoms with Crippen molar-refractivity contribution in [2.45, 2.75) is 44.2 Å². The Morgan fingerprint density at radius 2 is 2.00 bits per heavy atom. The summed E-state index contributed by atoms with van der Waals surface area (Å²) in [4.78, 5) is 34.5. The molecule has 1 N–H and O–H groups in total. The summed E-state index contributed by atoms with van der Waals surface area (Å²) in [5.41, 5.74) is -0.517. The molecule has 3 aliphatic heterocycles. The number of likely N-dealkylation sites (tertiary alicyclic amines) is 2. The van der Waals surface area contributed by atoms with Crippen molar-refractivity contribution in [1.29, 1.82) is 0 Å². The Labute approximate surface area is 151 Å². The van der Waals surface area contributed by atoms with Crippen LogP contribution in [-0.2, 0) is 4.79 Å². The number of carbonyl (C=O) groups excluding carboxylic acids is 2. The molecule has 25 heavy (non-hydrogen) atoms. The maximum atomic E-state index is 12.4. The van der Waals surface area contributed by atoms with E-state index in [2.05, 4.69) is 15.2 Å². The van der Waals surface area contributed by atoms with Gasteiger partial charge in [-0.05, 0) is 44.1 Å². The highest BCUT2D eigenvalue weighted by atomic mass is 32.1. The monoisotopic (exact) mass is 360 g/mol. The minimum Gasteiger partial charge on any atom is -0.338 e. The van der Waals surface area contributed by atoms with E-state index in [1.807, 2.05) is 29.3 Å². The van der Waals surface area contributed by atoms with E-state index >= 15 is 0 Å². The molecule has 0 bridgehead atoms. The van der Waals surface area contributed by atoms with E-state index in [4.69, 9.17) is 0 Å². The molecule has 0 unspecified atom stereocenters. The van der Waals surface area contributed by atoms with Crippen LogP contribution in [-0.4, -0.2) is 65.2 Å². The minimum atomic E-state index is -0.517. The number of amides is 2. The molecule has 0 saturated carbocycles. The number of carbonyl (C=O) groups is 2. The summed E-state index contributed by atoms with van der Waals surface area (Å²) in [7, 11) is 0. The predicted octanol–water partition coefficient (Wildman–Crippen LogP) is 1.74. The standard InChI is InChI=1S/C18H24N4O2S/c1-13-19-17(24)18(20-13)6-10-21(11-7-18)14-4-8-22(9-5-14)16(23)15-3-2-12-25-15/h2-3,12,14H,4-11H2,1H3,(H,19,20,24). The van der Waals surface area contributed by atoms with E-state index in [1.54, 1.807) is 0 Å². The van der Waals surface area contributed by atoms with Gasteiger partial charge in [-0.2, -0.15) is 0 Å². The van der Waals surface area contributed by atoms with Gasteiger partial charge in [0.15, 0.2) is 0 Å². The summed E-state index contributed by atoms with van der Waals surface area (Å²) in [5.74, 6) is 0.985. The lowest BCUT2D eigenvalue weighted by Gasteiger charge is -2.43. The molecule has 4 rings (SSSR count). The average molecular weight is 360 g/mol. The first-order valence-electron chi connectivity index (χ1n) is 9.02. The van der Waals surface area contributed by atoms with Crippen molar-refractivity contribution in [1.82, 2.24) is 15.1 Å². The van der Waals surface area contributed by atoms with Crippen molar-refractivity contribution in [3.8, 4) is 0 Å². The second-order valence-electron chi connectivity index (χ2n) is 7.22. The van der Waals surface area contributed by atoms with Crippen molar-refractivity contribution in [3.05, 3.63) is 22.4 Å². The fraction of sp³-hybridized carbons (Fsp3) is 0.611. The van der Waals surface area contributed by atoms with E-state index in [9.17, 15) is 9.59 Å². The highest BCUT2D eigenvalue weighted by Crippen LogP contribution is 2.32. The van der Waals surface area contributed by atoms with Gasteiger partial charge in [-0.1, -0.05) is 6.07 Å². The number of thiophene rings is 1. The van der Waals surface area contributed by atoms with Crippen molar-refractivity contribution in [2.75, 3.05) is 26.2 Å². The summed E-state index contributed by atoms with van der Waals surface area (Å²) in [6.07, 6.45) is 3.62. The predicted molar refractivity (Wildman–Crippen MR) is 98.0 cm³/mol. The molecule has 1 aromatic heterocycles. The second kappa shape index (κ2) is 6.53. The van der Waals surface area contributed by atoms with Crippen molar-refractivity contribution in [3.63, 3.8) is 0 Å². The molecule has 6 nitrogen and oxygen atoms in total. The van der Waals surface area contributed by atoms with Crippen molar-refractivity contribution >= 4 is 29.0 Å². The molecule has 2 amide bonds. The van der Waals surface area contributed by atoms with Crippen LogP contribution in [0.2, 0.25) is 0 Å². The van der Waals surface area contributed by atoms with Crippen LogP contribution in [0.1, 0.15) is 42.3 Å². The Kier molecular flexibility index (Phi) is 4.37. The van der Waals surface area contributed by atoms with Crippen molar-refractivity contribution in [2.24, 2.45) is 4.99 Å². The number of piperidine rings is 2. The molecule has 1 spiro atoms. The molecule has 7 heteroatoms. The highest BCUT2D eigenvalue weighted by molar-refractivity contribution is 7.12. The number of nitrogens with zero attached hydrogens (tertiary/aromatic N) is 3. The molecule has 134 valence electrons. The van der Waals surface area contributed by atoms with Gasteiger partial charge in [-0.25, -0.2) is 0 Å². The quantitative estimate of drug-likeness (QED) is 0.874. The van der Waals surface area contributed by atoms with E-state index in [0.717, 1.165) is 62.6 Å². The van der Waals surface area contributed by atoms with Gasteiger partial charge in [-0.3, -0.25) is 14.6 Å². The van der Waals surface area contributed by atoms with Crippen LogP contribution in [0.5, 0.6) is 0 Å². The second-order valence-corrected chi connectivity index (χ2v) is 8.17. The van der Waals surface area contributed by atoms with Crippen LogP contribution in [0.4, 0.5) is 0 Å². The average Bonchev–Trinajstić information content (AvgIpc) is 3.24. The molecule has 0 atom stereocenters. The lowest BCUT2D eigenvalue weighted by atomic mass is 9.86. The third kappa shape index (κ3) is 3.11. The first kappa shape index (κ1) is 16.7. The van der Waals surface area contributed by atoms with Gasteiger partial charge in [0.1, 0.15) is 11.4 Å². The molecule has 3 aliphatic rings. The Bertz CT molecular complexity index is 684. The Morgan fingerprint density at radius 1 is 1.28 bits per heavy atom. The van der Waals surface area contributed by atoms with Crippen LogP contribution in [0.25, 0.3) is 0 Å². The smallest absolute Gasteiger partial charge is 0.263 e. The number of aliphatic imine (C=N–C) groups is 1. The third-order valence-corrected chi connectivity index (χ3v) is 6.58. The van der Waals surface area contributed by atoms with Crippen LogP contribution in [0.15, 0.2) is 22.5 Å². The van der Waals surface area contributed by atoms with Gasteiger partial charge in [-0.15, -0.1) is 11.3 Å². The van der Waals surface area contributed by atoms with Gasteiger partial charge in [0, 0.05) is 32.2 Å². The van der Waals surface area contributed by atoms with Gasteiger partial charge in [0.25, 0.3) is 11.8 Å². The number of rotatable bonds is 2. The van der Waals surface area contributed by atoms with Gasteiger partial charge < -0.3 is 15.1 Å². The maximum absolute atomic E-state index is 12.4. The Morgan fingerprint density at radius 3 is 2.56 bits per heavy atom. The number of hydrogen-bond acceptors (Lipinski definition) is 5. The molecule has 0 aliphatic carbocycles. The normalized spacial score (nSPS) is 24.4. The lowest BCUT2D eigenvalue weighted by Crippen LogP contribution is -2.54. The fourth-order valence-electron chi connectivity index (χ4n) is 4.27. The molecular formula is C18H24N4O2S. The highest BCUT2D eigenvalue weighted by Gasteiger charge is 2.45. The van der Waals surface area contributed by atoms with Gasteiger partial charge >= 0.3 is 0 Å². The van der Waals surface area contributed by atoms with Gasteiger partial charge in [0.2, 0.25) is 0 Å². The first-order chi connectivity index (χ1) is 12.1. The summed E-state index contributed by atoms with van der Waals surface area (Å²) in [6, 6.07) is 4.34. The van der Waals surface area contributed by atoms with E-state index < -0.39 is 5.54 Å². The SMILES string of the molecule is CC1=NC2(CCN(C3CCN(C(=O)c4cccs4)CC3)CC2)C(=O)N1. The number of amidine groups is 1. The molecule has 2 saturated heterocycles. The number of hydrogen-bond donors (Lipinski definition) is 1.